The van der Waals surface area contributed by atoms with Gasteiger partial charge in [0.25, 0.3) is 0 Å². The summed E-state index contributed by atoms with van der Waals surface area (Å²) in [5, 5.41) is 0.526. The molecular formula is C11H12ClFN2S2. The second-order valence-corrected chi connectivity index (χ2v) is 5.94. The van der Waals surface area contributed by atoms with E-state index in [1.807, 2.05) is 10.8 Å². The third-order valence-corrected chi connectivity index (χ3v) is 4.22. The maximum absolute atomic E-state index is 13.5. The molecule has 92 valence electrons. The van der Waals surface area contributed by atoms with Gasteiger partial charge in [-0.3, -0.25) is 0 Å². The second kappa shape index (κ2) is 5.00. The Morgan fingerprint density at radius 1 is 1.59 bits per heavy atom. The Morgan fingerprint density at radius 3 is 2.94 bits per heavy atom. The summed E-state index contributed by atoms with van der Waals surface area (Å²) in [6.07, 6.45) is 2.04. The van der Waals surface area contributed by atoms with Gasteiger partial charge in [0.1, 0.15) is 5.82 Å². The molecule has 17 heavy (non-hydrogen) atoms. The van der Waals surface area contributed by atoms with Crippen LogP contribution >= 0.6 is 35.6 Å². The molecule has 1 aromatic carbocycles. The van der Waals surface area contributed by atoms with Gasteiger partial charge < -0.3 is 9.55 Å². The lowest BCUT2D eigenvalue weighted by Gasteiger charge is -2.10. The minimum absolute atomic E-state index is 0.110. The van der Waals surface area contributed by atoms with Crippen LogP contribution in [0.15, 0.2) is 12.1 Å². The fourth-order valence-electron chi connectivity index (χ4n) is 1.66. The second-order valence-electron chi connectivity index (χ2n) is 3.87. The average Bonchev–Trinajstić information content (AvgIpc) is 2.56. The zero-order valence-corrected chi connectivity index (χ0v) is 11.8. The first kappa shape index (κ1) is 12.9. The number of rotatable bonds is 3. The Kier molecular flexibility index (Phi) is 3.80. The maximum Gasteiger partial charge on any atom is 0.178 e. The highest BCUT2D eigenvalue weighted by atomic mass is 35.5. The molecular weight excluding hydrogens is 279 g/mol. The predicted octanol–water partition coefficient (Wildman–Crippen LogP) is 4.24. The lowest BCUT2D eigenvalue weighted by atomic mass is 10.3. The van der Waals surface area contributed by atoms with Crippen LogP contribution in [0.25, 0.3) is 11.0 Å². The number of aromatic nitrogens is 2. The summed E-state index contributed by atoms with van der Waals surface area (Å²) in [4.78, 5) is 3.04. The van der Waals surface area contributed by atoms with E-state index in [-0.39, 0.29) is 5.02 Å². The van der Waals surface area contributed by atoms with Crippen LogP contribution < -0.4 is 0 Å². The van der Waals surface area contributed by atoms with Crippen molar-refractivity contribution in [2.24, 2.45) is 0 Å². The number of hydrogen-bond acceptors (Lipinski definition) is 2. The monoisotopic (exact) mass is 290 g/mol. The number of fused-ring (bicyclic) bond motifs is 1. The van der Waals surface area contributed by atoms with E-state index in [9.17, 15) is 4.39 Å². The molecule has 1 atom stereocenters. The van der Waals surface area contributed by atoms with Crippen LogP contribution in [-0.4, -0.2) is 21.1 Å². The van der Waals surface area contributed by atoms with E-state index < -0.39 is 5.82 Å². The molecule has 2 rings (SSSR count). The molecule has 1 aromatic heterocycles. The van der Waals surface area contributed by atoms with Gasteiger partial charge >= 0.3 is 0 Å². The highest BCUT2D eigenvalue weighted by Gasteiger charge is 2.10. The molecule has 2 aromatic rings. The summed E-state index contributed by atoms with van der Waals surface area (Å²) < 4.78 is 16.0. The lowest BCUT2D eigenvalue weighted by Crippen LogP contribution is -2.08. The van der Waals surface area contributed by atoms with Gasteiger partial charge in [0.05, 0.1) is 16.1 Å². The SMILES string of the molecule is CSC(C)Cn1c(=S)[nH]c2cc(Cl)c(F)cc21. The molecule has 0 aliphatic heterocycles. The Balaban J connectivity index is 2.58. The minimum atomic E-state index is -0.418. The number of halogens is 2. The number of thioether (sulfide) groups is 1. The fourth-order valence-corrected chi connectivity index (χ4v) is 2.41. The number of nitrogens with zero attached hydrogens (tertiary/aromatic N) is 1. The van der Waals surface area contributed by atoms with Crippen molar-refractivity contribution in [2.75, 3.05) is 6.26 Å². The molecule has 0 aliphatic carbocycles. The van der Waals surface area contributed by atoms with Crippen LogP contribution in [0.4, 0.5) is 4.39 Å². The minimum Gasteiger partial charge on any atom is -0.331 e. The zero-order chi connectivity index (χ0) is 12.6. The molecule has 0 saturated heterocycles. The van der Waals surface area contributed by atoms with Crippen molar-refractivity contribution in [1.82, 2.24) is 9.55 Å². The quantitative estimate of drug-likeness (QED) is 0.853. The Morgan fingerprint density at radius 2 is 2.29 bits per heavy atom. The van der Waals surface area contributed by atoms with E-state index >= 15 is 0 Å². The first-order valence-electron chi connectivity index (χ1n) is 5.13. The standard InChI is InChI=1S/C11H12ClFN2S2/c1-6(17-2)5-15-10-4-8(13)7(12)3-9(10)14-11(15)16/h3-4,6H,5H2,1-2H3,(H,14,16). The smallest absolute Gasteiger partial charge is 0.178 e. The first-order valence-corrected chi connectivity index (χ1v) is 7.20. The van der Waals surface area contributed by atoms with Crippen LogP contribution in [0.1, 0.15) is 6.92 Å². The van der Waals surface area contributed by atoms with E-state index in [1.165, 1.54) is 6.07 Å². The molecule has 6 heteroatoms. The zero-order valence-electron chi connectivity index (χ0n) is 9.46. The molecule has 0 saturated carbocycles. The van der Waals surface area contributed by atoms with Crippen LogP contribution in [0, 0.1) is 10.6 Å². The normalized spacial score (nSPS) is 13.2. The van der Waals surface area contributed by atoms with Crippen molar-refractivity contribution >= 4 is 46.6 Å². The number of benzene rings is 1. The Bertz CT molecular complexity index is 605. The van der Waals surface area contributed by atoms with Crippen molar-refractivity contribution in [3.63, 3.8) is 0 Å². The lowest BCUT2D eigenvalue weighted by molar-refractivity contribution is 0.627. The highest BCUT2D eigenvalue weighted by Crippen LogP contribution is 2.23. The van der Waals surface area contributed by atoms with Crippen molar-refractivity contribution in [1.29, 1.82) is 0 Å². The van der Waals surface area contributed by atoms with Gasteiger partial charge in [-0.15, -0.1) is 0 Å². The predicted molar refractivity (Wildman–Crippen MR) is 75.1 cm³/mol. The maximum atomic E-state index is 13.5. The molecule has 0 aliphatic rings. The van der Waals surface area contributed by atoms with Crippen LogP contribution in [0.2, 0.25) is 5.02 Å². The average molecular weight is 291 g/mol. The highest BCUT2D eigenvalue weighted by molar-refractivity contribution is 7.99. The Hall–Kier alpha value is -0.520. The Labute approximate surface area is 113 Å². The van der Waals surface area contributed by atoms with Gasteiger partial charge in [-0.2, -0.15) is 11.8 Å². The molecule has 0 amide bonds. The molecule has 0 radical (unpaired) electrons. The van der Waals surface area contributed by atoms with Crippen molar-refractivity contribution in [3.05, 3.63) is 27.7 Å². The van der Waals surface area contributed by atoms with Gasteiger partial charge in [0.15, 0.2) is 4.77 Å². The summed E-state index contributed by atoms with van der Waals surface area (Å²) in [5.74, 6) is -0.418. The van der Waals surface area contributed by atoms with Gasteiger partial charge in [-0.1, -0.05) is 18.5 Å². The first-order chi connectivity index (χ1) is 8.02. The van der Waals surface area contributed by atoms with Crippen molar-refractivity contribution < 1.29 is 4.39 Å². The fraction of sp³-hybridized carbons (Fsp3) is 0.364. The van der Waals surface area contributed by atoms with Crippen LogP contribution in [-0.2, 0) is 6.54 Å². The molecule has 0 bridgehead atoms. The summed E-state index contributed by atoms with van der Waals surface area (Å²) in [6.45, 7) is 2.86. The van der Waals surface area contributed by atoms with Gasteiger partial charge in [0, 0.05) is 17.9 Å². The van der Waals surface area contributed by atoms with Crippen LogP contribution in [0.3, 0.4) is 0 Å². The molecule has 2 nitrogen and oxygen atoms in total. The number of nitrogens with one attached hydrogen (secondary N) is 1. The summed E-state index contributed by atoms with van der Waals surface area (Å²) in [6, 6.07) is 3.00. The summed E-state index contributed by atoms with van der Waals surface area (Å²) in [7, 11) is 0. The van der Waals surface area contributed by atoms with Gasteiger partial charge in [-0.25, -0.2) is 4.39 Å². The molecule has 0 fully saturated rings. The summed E-state index contributed by atoms with van der Waals surface area (Å²) >= 11 is 12.7. The van der Waals surface area contributed by atoms with Gasteiger partial charge in [0.2, 0.25) is 0 Å². The molecule has 1 heterocycles. The molecule has 1 unspecified atom stereocenters. The van der Waals surface area contributed by atoms with Crippen LogP contribution in [0.5, 0.6) is 0 Å². The van der Waals surface area contributed by atoms with Gasteiger partial charge in [-0.05, 0) is 24.5 Å². The van der Waals surface area contributed by atoms with E-state index in [0.29, 0.717) is 10.0 Å². The molecule has 1 N–H and O–H groups in total. The third kappa shape index (κ3) is 2.51. The largest absolute Gasteiger partial charge is 0.331 e. The van der Waals surface area contributed by atoms with Crippen molar-refractivity contribution in [3.8, 4) is 0 Å². The number of hydrogen-bond donors (Lipinski definition) is 1. The van der Waals surface area contributed by atoms with E-state index in [1.54, 1.807) is 17.8 Å². The molecule has 0 spiro atoms. The number of H-pyrrole nitrogens is 1. The van der Waals surface area contributed by atoms with E-state index in [4.69, 9.17) is 23.8 Å². The third-order valence-electron chi connectivity index (χ3n) is 2.66. The number of aromatic amines is 1. The van der Waals surface area contributed by atoms with E-state index in [0.717, 1.165) is 17.6 Å². The van der Waals surface area contributed by atoms with E-state index in [2.05, 4.69) is 11.9 Å². The summed E-state index contributed by atoms with van der Waals surface area (Å²) in [5.41, 5.74) is 1.53. The number of imidazole rings is 1. The topological polar surface area (TPSA) is 20.7 Å². The van der Waals surface area contributed by atoms with Crippen molar-refractivity contribution in [2.45, 2.75) is 18.7 Å².